The van der Waals surface area contributed by atoms with E-state index < -0.39 is 29.4 Å². The minimum atomic E-state index is -4.48. The smallest absolute Gasteiger partial charge is 0.416 e. The van der Waals surface area contributed by atoms with Crippen molar-refractivity contribution in [3.05, 3.63) is 94.4 Å². The van der Waals surface area contributed by atoms with E-state index in [1.165, 1.54) is 24.3 Å². The second-order valence-electron chi connectivity index (χ2n) is 9.54. The molecule has 10 heteroatoms. The fourth-order valence-electron chi connectivity index (χ4n) is 4.75. The fraction of sp³-hybridized carbons (Fsp3) is 0.393. The Morgan fingerprint density at radius 3 is 2.05 bits per heavy atom. The molecule has 38 heavy (non-hydrogen) atoms. The Hall–Kier alpha value is -3.27. The van der Waals surface area contributed by atoms with Crippen molar-refractivity contribution in [2.75, 3.05) is 0 Å². The lowest BCUT2D eigenvalue weighted by Gasteiger charge is -2.34. The van der Waals surface area contributed by atoms with Crippen molar-refractivity contribution < 1.29 is 35.6 Å². The van der Waals surface area contributed by atoms with E-state index in [-0.39, 0.29) is 18.3 Å². The molecule has 0 saturated heterocycles. The van der Waals surface area contributed by atoms with Crippen LogP contribution < -0.4 is 5.32 Å². The lowest BCUT2D eigenvalue weighted by atomic mass is 9.93. The lowest BCUT2D eigenvalue weighted by Crippen LogP contribution is -2.35. The normalized spacial score (nSPS) is 15.1. The molecule has 0 radical (unpaired) electrons. The van der Waals surface area contributed by atoms with Crippen LogP contribution in [0.25, 0.3) is 0 Å². The molecule has 2 aromatic carbocycles. The number of hydrogen-bond acceptors (Lipinski definition) is 3. The van der Waals surface area contributed by atoms with Gasteiger partial charge in [0.15, 0.2) is 5.76 Å². The van der Waals surface area contributed by atoms with Crippen LogP contribution in [0.2, 0.25) is 0 Å². The van der Waals surface area contributed by atoms with Gasteiger partial charge in [0.05, 0.1) is 17.7 Å². The standard InChI is InChI=1S/C28H28F6N2O2/c29-27(30,31)21-8-4-6-19(14-21)16-35-26(37)25-13-12-24(38-25)18-36(23-10-2-1-3-11-23)17-20-7-5-9-22(15-20)28(32,33)34/h4-9,12-15,23H,1-3,10-11,16-18H2,(H,35,37). The minimum Gasteiger partial charge on any atom is -0.455 e. The number of halogens is 6. The molecule has 1 aromatic heterocycles. The zero-order valence-corrected chi connectivity index (χ0v) is 20.5. The van der Waals surface area contributed by atoms with Gasteiger partial charge in [0.1, 0.15) is 5.76 Å². The molecule has 204 valence electrons. The molecule has 4 nitrogen and oxygen atoms in total. The first-order valence-corrected chi connectivity index (χ1v) is 12.4. The van der Waals surface area contributed by atoms with Crippen LogP contribution in [0.1, 0.15) is 70.7 Å². The number of hydrogen-bond donors (Lipinski definition) is 1. The molecule has 1 N–H and O–H groups in total. The monoisotopic (exact) mass is 538 g/mol. The summed E-state index contributed by atoms with van der Waals surface area (Å²) in [5.41, 5.74) is -0.662. The van der Waals surface area contributed by atoms with E-state index in [0.29, 0.717) is 30.0 Å². The molecule has 0 aliphatic heterocycles. The highest BCUT2D eigenvalue weighted by Crippen LogP contribution is 2.32. The zero-order valence-electron chi connectivity index (χ0n) is 20.5. The third-order valence-corrected chi connectivity index (χ3v) is 6.68. The SMILES string of the molecule is O=C(NCc1cccc(C(F)(F)F)c1)c1ccc(CN(Cc2cccc(C(F)(F)F)c2)C2CCCCC2)o1. The predicted octanol–water partition coefficient (Wildman–Crippen LogP) is 7.58. The summed E-state index contributed by atoms with van der Waals surface area (Å²) < 4.78 is 84.1. The van der Waals surface area contributed by atoms with E-state index in [9.17, 15) is 31.1 Å². The van der Waals surface area contributed by atoms with Crippen molar-refractivity contribution in [3.63, 3.8) is 0 Å². The van der Waals surface area contributed by atoms with E-state index in [4.69, 9.17) is 4.42 Å². The van der Waals surface area contributed by atoms with Crippen LogP contribution in [0.3, 0.4) is 0 Å². The van der Waals surface area contributed by atoms with Crippen LogP contribution in [0, 0.1) is 0 Å². The van der Waals surface area contributed by atoms with E-state index in [0.717, 1.165) is 56.4 Å². The molecule has 3 aromatic rings. The summed E-state index contributed by atoms with van der Waals surface area (Å²) in [6.45, 7) is 0.497. The molecule has 0 bridgehead atoms. The highest BCUT2D eigenvalue weighted by molar-refractivity contribution is 5.91. The quantitative estimate of drug-likeness (QED) is 0.301. The van der Waals surface area contributed by atoms with Crippen molar-refractivity contribution in [1.82, 2.24) is 10.2 Å². The van der Waals surface area contributed by atoms with Gasteiger partial charge in [-0.1, -0.05) is 49.6 Å². The number of furan rings is 1. The number of alkyl halides is 6. The summed E-state index contributed by atoms with van der Waals surface area (Å²) in [6.07, 6.45) is -3.88. The maximum atomic E-state index is 13.2. The van der Waals surface area contributed by atoms with E-state index in [1.54, 1.807) is 12.1 Å². The van der Waals surface area contributed by atoms with Crippen molar-refractivity contribution in [3.8, 4) is 0 Å². The van der Waals surface area contributed by atoms with Crippen molar-refractivity contribution >= 4 is 5.91 Å². The molecule has 0 spiro atoms. The Bertz CT molecular complexity index is 1230. The maximum Gasteiger partial charge on any atom is 0.416 e. The van der Waals surface area contributed by atoms with Crippen molar-refractivity contribution in [2.24, 2.45) is 0 Å². The molecule has 4 rings (SSSR count). The Labute approximate surface area is 216 Å². The summed E-state index contributed by atoms with van der Waals surface area (Å²) in [5.74, 6) is -0.0860. The summed E-state index contributed by atoms with van der Waals surface area (Å²) >= 11 is 0. The summed E-state index contributed by atoms with van der Waals surface area (Å²) in [6, 6.07) is 13.3. The lowest BCUT2D eigenvalue weighted by molar-refractivity contribution is -0.138. The Kier molecular flexibility index (Phi) is 8.50. The van der Waals surface area contributed by atoms with Crippen molar-refractivity contribution in [1.29, 1.82) is 0 Å². The van der Waals surface area contributed by atoms with Crippen molar-refractivity contribution in [2.45, 2.75) is 70.1 Å². The number of amides is 1. The molecule has 1 aliphatic carbocycles. The summed E-state index contributed by atoms with van der Waals surface area (Å²) in [5, 5.41) is 2.56. The van der Waals surface area contributed by atoms with Gasteiger partial charge in [-0.25, -0.2) is 0 Å². The number of carbonyl (C=O) groups excluding carboxylic acids is 1. The third-order valence-electron chi connectivity index (χ3n) is 6.68. The number of carbonyl (C=O) groups is 1. The van der Waals surface area contributed by atoms with Gasteiger partial charge in [-0.05, 0) is 54.3 Å². The van der Waals surface area contributed by atoms with Gasteiger partial charge < -0.3 is 9.73 Å². The number of rotatable bonds is 8. The molecular formula is C28H28F6N2O2. The molecule has 1 amide bonds. The van der Waals surface area contributed by atoms with Gasteiger partial charge in [0, 0.05) is 19.1 Å². The third kappa shape index (κ3) is 7.40. The average Bonchev–Trinajstić information content (AvgIpc) is 3.35. The first kappa shape index (κ1) is 27.8. The predicted molar refractivity (Wildman–Crippen MR) is 129 cm³/mol. The van der Waals surface area contributed by atoms with Gasteiger partial charge in [-0.15, -0.1) is 0 Å². The molecule has 1 heterocycles. The number of benzene rings is 2. The average molecular weight is 539 g/mol. The van der Waals surface area contributed by atoms with Crippen LogP contribution in [-0.2, 0) is 32.0 Å². The Morgan fingerprint density at radius 1 is 0.816 bits per heavy atom. The van der Waals surface area contributed by atoms with Gasteiger partial charge in [0.25, 0.3) is 5.91 Å². The topological polar surface area (TPSA) is 45.5 Å². The second kappa shape index (κ2) is 11.6. The van der Waals surface area contributed by atoms with E-state index in [2.05, 4.69) is 10.2 Å². The van der Waals surface area contributed by atoms with Gasteiger partial charge >= 0.3 is 12.4 Å². The first-order valence-electron chi connectivity index (χ1n) is 12.4. The Balaban J connectivity index is 1.43. The number of nitrogens with zero attached hydrogens (tertiary/aromatic N) is 1. The minimum absolute atomic E-state index is 0.00892. The highest BCUT2D eigenvalue weighted by Gasteiger charge is 2.31. The number of nitrogens with one attached hydrogen (secondary N) is 1. The van der Waals surface area contributed by atoms with Crippen LogP contribution in [0.5, 0.6) is 0 Å². The molecule has 1 fully saturated rings. The second-order valence-corrected chi connectivity index (χ2v) is 9.54. The van der Waals surface area contributed by atoms with Crippen LogP contribution >= 0.6 is 0 Å². The molecule has 0 atom stereocenters. The van der Waals surface area contributed by atoms with Crippen LogP contribution in [0.15, 0.2) is 65.1 Å². The van der Waals surface area contributed by atoms with Gasteiger partial charge in [-0.3, -0.25) is 9.69 Å². The van der Waals surface area contributed by atoms with Gasteiger partial charge in [0.2, 0.25) is 0 Å². The van der Waals surface area contributed by atoms with Gasteiger partial charge in [-0.2, -0.15) is 26.3 Å². The van der Waals surface area contributed by atoms with E-state index >= 15 is 0 Å². The highest BCUT2D eigenvalue weighted by atomic mass is 19.4. The fourth-order valence-corrected chi connectivity index (χ4v) is 4.75. The largest absolute Gasteiger partial charge is 0.455 e. The molecule has 0 unspecified atom stereocenters. The first-order chi connectivity index (χ1) is 18.0. The maximum absolute atomic E-state index is 13.2. The zero-order chi connectivity index (χ0) is 27.3. The van der Waals surface area contributed by atoms with Crippen LogP contribution in [-0.4, -0.2) is 16.8 Å². The Morgan fingerprint density at radius 2 is 1.42 bits per heavy atom. The molecule has 1 aliphatic rings. The summed E-state index contributed by atoms with van der Waals surface area (Å²) in [4.78, 5) is 14.7. The van der Waals surface area contributed by atoms with Crippen LogP contribution in [0.4, 0.5) is 26.3 Å². The van der Waals surface area contributed by atoms with E-state index in [1.807, 2.05) is 0 Å². The molecule has 1 saturated carbocycles. The summed E-state index contributed by atoms with van der Waals surface area (Å²) in [7, 11) is 0. The molecular weight excluding hydrogens is 510 g/mol.